The van der Waals surface area contributed by atoms with Gasteiger partial charge in [0.1, 0.15) is 0 Å². The van der Waals surface area contributed by atoms with Crippen LogP contribution in [0.3, 0.4) is 0 Å². The lowest BCUT2D eigenvalue weighted by Gasteiger charge is -2.14. The summed E-state index contributed by atoms with van der Waals surface area (Å²) in [5, 5.41) is 0. The van der Waals surface area contributed by atoms with E-state index in [1.54, 1.807) is 0 Å². The minimum absolute atomic E-state index is 1.08. The maximum absolute atomic E-state index is 4.08. The molecule has 114 valence electrons. The molecule has 0 bridgehead atoms. The van der Waals surface area contributed by atoms with Gasteiger partial charge in [-0.2, -0.15) is 0 Å². The third-order valence-corrected chi connectivity index (χ3v) is 2.92. The summed E-state index contributed by atoms with van der Waals surface area (Å²) in [6.45, 7) is 22.9. The van der Waals surface area contributed by atoms with Crippen molar-refractivity contribution in [2.24, 2.45) is 0 Å². The van der Waals surface area contributed by atoms with Gasteiger partial charge in [-0.25, -0.2) is 0 Å². The van der Waals surface area contributed by atoms with Crippen LogP contribution in [-0.4, -0.2) is 0 Å². The molecule has 0 saturated heterocycles. The summed E-state index contributed by atoms with van der Waals surface area (Å²) in [6, 6.07) is 6.64. The second-order valence-corrected chi connectivity index (χ2v) is 4.66. The van der Waals surface area contributed by atoms with E-state index in [2.05, 4.69) is 59.4 Å². The molecule has 1 rings (SSSR count). The van der Waals surface area contributed by atoms with Gasteiger partial charge >= 0.3 is 0 Å². The van der Waals surface area contributed by atoms with Gasteiger partial charge in [0.05, 0.1) is 0 Å². The predicted molar refractivity (Wildman–Crippen MR) is 97.1 cm³/mol. The van der Waals surface area contributed by atoms with Crippen LogP contribution in [0.1, 0.15) is 78.5 Å². The van der Waals surface area contributed by atoms with Crippen molar-refractivity contribution < 1.29 is 0 Å². The molecular weight excluding hydrogens is 240 g/mol. The van der Waals surface area contributed by atoms with Crippen LogP contribution >= 0.6 is 0 Å². The summed E-state index contributed by atoms with van der Waals surface area (Å²) in [7, 11) is 0. The van der Waals surface area contributed by atoms with Crippen molar-refractivity contribution in [1.29, 1.82) is 0 Å². The van der Waals surface area contributed by atoms with Crippen LogP contribution in [0.25, 0.3) is 11.1 Å². The van der Waals surface area contributed by atoms with Crippen molar-refractivity contribution in [3.8, 4) is 0 Å². The molecule has 0 radical (unpaired) electrons. The van der Waals surface area contributed by atoms with Crippen LogP contribution in [0.15, 0.2) is 30.4 Å². The van der Waals surface area contributed by atoms with Crippen molar-refractivity contribution in [2.75, 3.05) is 0 Å². The molecule has 0 aliphatic heterocycles. The molecule has 0 atom stereocenters. The molecule has 0 aliphatic rings. The first-order valence-corrected chi connectivity index (χ1v) is 7.90. The van der Waals surface area contributed by atoms with Gasteiger partial charge in [-0.1, -0.05) is 76.1 Å². The molecule has 0 aliphatic carbocycles. The fourth-order valence-electron chi connectivity index (χ4n) is 2.09. The second-order valence-electron chi connectivity index (χ2n) is 4.66. The largest absolute Gasteiger partial charge is 0.0955 e. The molecular formula is C20H34. The maximum atomic E-state index is 4.08. The van der Waals surface area contributed by atoms with E-state index in [0.29, 0.717) is 0 Å². The highest BCUT2D eigenvalue weighted by molar-refractivity contribution is 5.79. The fraction of sp³-hybridized carbons (Fsp3) is 0.500. The highest BCUT2D eigenvalue weighted by Gasteiger charge is 2.08. The Balaban J connectivity index is 0. The monoisotopic (exact) mass is 274 g/mol. The molecule has 0 heteroatoms. The van der Waals surface area contributed by atoms with Gasteiger partial charge in [0.2, 0.25) is 0 Å². The molecule has 1 aromatic carbocycles. The molecule has 20 heavy (non-hydrogen) atoms. The highest BCUT2D eigenvalue weighted by Crippen LogP contribution is 2.29. The van der Waals surface area contributed by atoms with Crippen LogP contribution in [0.5, 0.6) is 0 Å². The quantitative estimate of drug-likeness (QED) is 0.543. The maximum Gasteiger partial charge on any atom is -0.0150 e. The Morgan fingerprint density at radius 2 is 1.45 bits per heavy atom. The molecule has 0 heterocycles. The van der Waals surface area contributed by atoms with Gasteiger partial charge in [0.25, 0.3) is 0 Å². The highest BCUT2D eigenvalue weighted by atomic mass is 14.1. The SMILES string of the molecule is C=C(C)c1cc(C)ccc1C(CC)=C(C)C.CC.CC. The van der Waals surface area contributed by atoms with E-state index in [1.165, 1.54) is 27.8 Å². The molecule has 0 unspecified atom stereocenters. The number of allylic oxidation sites excluding steroid dienone is 3. The van der Waals surface area contributed by atoms with Gasteiger partial charge in [-0.05, 0) is 50.8 Å². The van der Waals surface area contributed by atoms with Crippen LogP contribution in [0.2, 0.25) is 0 Å². The normalized spacial score (nSPS) is 8.65. The smallest absolute Gasteiger partial charge is 0.0150 e. The second kappa shape index (κ2) is 11.5. The number of hydrogen-bond donors (Lipinski definition) is 0. The molecule has 0 fully saturated rings. The van der Waals surface area contributed by atoms with Crippen molar-refractivity contribution >= 4 is 11.1 Å². The average molecular weight is 274 g/mol. The lowest BCUT2D eigenvalue weighted by Crippen LogP contribution is -1.93. The molecule has 0 N–H and O–H groups in total. The molecule has 1 aromatic rings. The lowest BCUT2D eigenvalue weighted by molar-refractivity contribution is 1.19. The summed E-state index contributed by atoms with van der Waals surface area (Å²) >= 11 is 0. The van der Waals surface area contributed by atoms with Gasteiger partial charge < -0.3 is 0 Å². The summed E-state index contributed by atoms with van der Waals surface area (Å²) in [4.78, 5) is 0. The first-order valence-electron chi connectivity index (χ1n) is 7.90. The van der Waals surface area contributed by atoms with Gasteiger partial charge in [-0.15, -0.1) is 0 Å². The Morgan fingerprint density at radius 1 is 0.950 bits per heavy atom. The number of benzene rings is 1. The van der Waals surface area contributed by atoms with Crippen molar-refractivity contribution in [1.82, 2.24) is 0 Å². The summed E-state index contributed by atoms with van der Waals surface area (Å²) in [5.41, 5.74) is 7.92. The minimum Gasteiger partial charge on any atom is -0.0955 e. The molecule has 0 aromatic heterocycles. The van der Waals surface area contributed by atoms with Crippen LogP contribution in [-0.2, 0) is 0 Å². The van der Waals surface area contributed by atoms with Crippen LogP contribution < -0.4 is 0 Å². The molecule has 0 saturated carbocycles. The zero-order chi connectivity index (χ0) is 16.3. The summed E-state index contributed by atoms with van der Waals surface area (Å²) < 4.78 is 0. The van der Waals surface area contributed by atoms with Crippen LogP contribution in [0.4, 0.5) is 0 Å². The Labute approximate surface area is 127 Å². The Bertz CT molecular complexity index is 429. The first kappa shape index (κ1) is 21.0. The Hall–Kier alpha value is -1.30. The van der Waals surface area contributed by atoms with E-state index in [4.69, 9.17) is 0 Å². The van der Waals surface area contributed by atoms with E-state index in [0.717, 1.165) is 12.0 Å². The van der Waals surface area contributed by atoms with Crippen LogP contribution in [0, 0.1) is 6.92 Å². The van der Waals surface area contributed by atoms with Gasteiger partial charge in [-0.3, -0.25) is 0 Å². The first-order chi connectivity index (χ1) is 9.47. The number of hydrogen-bond acceptors (Lipinski definition) is 0. The third-order valence-electron chi connectivity index (χ3n) is 2.92. The topological polar surface area (TPSA) is 0 Å². The van der Waals surface area contributed by atoms with E-state index in [1.807, 2.05) is 27.7 Å². The van der Waals surface area contributed by atoms with E-state index in [9.17, 15) is 0 Å². The summed E-state index contributed by atoms with van der Waals surface area (Å²) in [5.74, 6) is 0. The van der Waals surface area contributed by atoms with Crippen molar-refractivity contribution in [3.05, 3.63) is 47.0 Å². The standard InChI is InChI=1S/C16H22.2C2H6/c1-7-14(11(2)3)15-9-8-13(6)10-16(15)12(4)5;2*1-2/h8-10H,4,7H2,1-3,5-6H3;2*1-2H3. The molecule has 0 amide bonds. The van der Waals surface area contributed by atoms with E-state index in [-0.39, 0.29) is 0 Å². The zero-order valence-corrected chi connectivity index (χ0v) is 15.1. The third kappa shape index (κ3) is 6.23. The van der Waals surface area contributed by atoms with E-state index >= 15 is 0 Å². The lowest BCUT2D eigenvalue weighted by atomic mass is 9.91. The number of rotatable bonds is 3. The zero-order valence-electron chi connectivity index (χ0n) is 15.1. The molecule has 0 nitrogen and oxygen atoms in total. The van der Waals surface area contributed by atoms with E-state index < -0.39 is 0 Å². The van der Waals surface area contributed by atoms with Gasteiger partial charge in [0.15, 0.2) is 0 Å². The average Bonchev–Trinajstić information content (AvgIpc) is 2.45. The predicted octanol–water partition coefficient (Wildman–Crippen LogP) is 7.28. The van der Waals surface area contributed by atoms with Gasteiger partial charge in [0, 0.05) is 0 Å². The number of aryl methyl sites for hydroxylation is 1. The fourth-order valence-corrected chi connectivity index (χ4v) is 2.09. The Morgan fingerprint density at radius 3 is 1.80 bits per heavy atom. The molecule has 0 spiro atoms. The van der Waals surface area contributed by atoms with Crippen molar-refractivity contribution in [3.63, 3.8) is 0 Å². The summed E-state index contributed by atoms with van der Waals surface area (Å²) in [6.07, 6.45) is 1.08. The van der Waals surface area contributed by atoms with Crippen molar-refractivity contribution in [2.45, 2.75) is 68.7 Å². The Kier molecular flexibility index (Phi) is 12.1. The minimum atomic E-state index is 1.08.